The summed E-state index contributed by atoms with van der Waals surface area (Å²) < 4.78 is 5.25. The minimum absolute atomic E-state index is 0.0383. The number of aromatic nitrogens is 1. The molecule has 1 atom stereocenters. The van der Waals surface area contributed by atoms with E-state index < -0.39 is 5.60 Å². The van der Waals surface area contributed by atoms with E-state index >= 15 is 0 Å². The zero-order valence-electron chi connectivity index (χ0n) is 14.7. The molecule has 132 valence electrons. The number of hydrogen-bond donors (Lipinski definition) is 1. The molecular weight excluding hydrogens is 306 g/mol. The number of rotatable bonds is 5. The highest BCUT2D eigenvalue weighted by Gasteiger charge is 2.23. The molecule has 0 unspecified atom stereocenters. The van der Waals surface area contributed by atoms with Crippen LogP contribution in [0.25, 0.3) is 0 Å². The summed E-state index contributed by atoms with van der Waals surface area (Å²) in [6, 6.07) is 5.37. The van der Waals surface area contributed by atoms with E-state index in [2.05, 4.69) is 15.2 Å². The van der Waals surface area contributed by atoms with Gasteiger partial charge in [-0.3, -0.25) is 14.7 Å². The van der Waals surface area contributed by atoms with Crippen LogP contribution in [0.1, 0.15) is 44.1 Å². The van der Waals surface area contributed by atoms with Gasteiger partial charge in [0.1, 0.15) is 11.3 Å². The zero-order valence-corrected chi connectivity index (χ0v) is 14.7. The van der Waals surface area contributed by atoms with E-state index in [4.69, 9.17) is 4.74 Å². The molecule has 0 spiro atoms. The predicted octanol–water partition coefficient (Wildman–Crippen LogP) is 2.50. The summed E-state index contributed by atoms with van der Waals surface area (Å²) in [5.74, 6) is 0.374. The van der Waals surface area contributed by atoms with Crippen molar-refractivity contribution < 1.29 is 14.3 Å². The summed E-state index contributed by atoms with van der Waals surface area (Å²) in [6.07, 6.45) is 3.32. The smallest absolute Gasteiger partial charge is 0.407 e. The highest BCUT2D eigenvalue weighted by Crippen LogP contribution is 2.16. The number of nitrogens with zero attached hydrogens (tertiary/aromatic N) is 2. The molecule has 0 aromatic carbocycles. The second-order valence-corrected chi connectivity index (χ2v) is 7.26. The normalized spacial score (nSPS) is 18.9. The number of likely N-dealkylation sites (tertiary alicyclic amines) is 1. The molecule has 1 aliphatic rings. The largest absolute Gasteiger partial charge is 0.444 e. The van der Waals surface area contributed by atoms with Crippen LogP contribution in [0.3, 0.4) is 0 Å². The minimum Gasteiger partial charge on any atom is -0.444 e. The molecule has 0 aliphatic carbocycles. The molecule has 1 fully saturated rings. The maximum atomic E-state index is 12.2. The lowest BCUT2D eigenvalue weighted by Gasteiger charge is -2.32. The molecule has 1 saturated heterocycles. The summed E-state index contributed by atoms with van der Waals surface area (Å²) in [4.78, 5) is 30.2. The Morgan fingerprint density at radius 3 is 2.83 bits per heavy atom. The fraction of sp³-hybridized carbons (Fsp3) is 0.611. The molecule has 0 radical (unpaired) electrons. The summed E-state index contributed by atoms with van der Waals surface area (Å²) in [5, 5.41) is 2.83. The van der Waals surface area contributed by atoms with E-state index in [0.29, 0.717) is 24.7 Å². The minimum atomic E-state index is -0.488. The molecule has 1 aliphatic heterocycles. The Balaban J connectivity index is 1.77. The van der Waals surface area contributed by atoms with E-state index in [1.807, 2.05) is 26.8 Å². The van der Waals surface area contributed by atoms with Crippen molar-refractivity contribution in [1.82, 2.24) is 15.2 Å². The third-order valence-electron chi connectivity index (χ3n) is 3.85. The van der Waals surface area contributed by atoms with Gasteiger partial charge in [0.2, 0.25) is 0 Å². The quantitative estimate of drug-likeness (QED) is 0.838. The van der Waals surface area contributed by atoms with Gasteiger partial charge >= 0.3 is 6.09 Å². The molecular formula is C18H27N3O3. The first-order valence-electron chi connectivity index (χ1n) is 8.47. The topological polar surface area (TPSA) is 71.5 Å². The van der Waals surface area contributed by atoms with Crippen molar-refractivity contribution in [3.05, 3.63) is 30.1 Å². The van der Waals surface area contributed by atoms with Crippen LogP contribution >= 0.6 is 0 Å². The molecule has 1 aromatic rings. The second-order valence-electron chi connectivity index (χ2n) is 7.26. The van der Waals surface area contributed by atoms with Crippen LogP contribution in [-0.4, -0.2) is 53.5 Å². The Labute approximate surface area is 143 Å². The van der Waals surface area contributed by atoms with Gasteiger partial charge in [0, 0.05) is 19.3 Å². The number of carbonyl (C=O) groups is 2. The lowest BCUT2D eigenvalue weighted by molar-refractivity contribution is 0.0504. The van der Waals surface area contributed by atoms with E-state index in [9.17, 15) is 9.59 Å². The van der Waals surface area contributed by atoms with Crippen molar-refractivity contribution in [3.63, 3.8) is 0 Å². The molecule has 1 amide bonds. The van der Waals surface area contributed by atoms with Crippen LogP contribution in [-0.2, 0) is 4.74 Å². The molecule has 6 heteroatoms. The van der Waals surface area contributed by atoms with Gasteiger partial charge in [0.15, 0.2) is 5.78 Å². The van der Waals surface area contributed by atoms with Crippen molar-refractivity contribution >= 4 is 11.9 Å². The average molecular weight is 333 g/mol. The number of pyridine rings is 1. The summed E-state index contributed by atoms with van der Waals surface area (Å²) >= 11 is 0. The monoisotopic (exact) mass is 333 g/mol. The zero-order chi connectivity index (χ0) is 17.6. The SMILES string of the molecule is CC(C)(C)OC(=O)NC[C@H]1CCCN(CC(=O)c2ccccn2)C1. The highest BCUT2D eigenvalue weighted by molar-refractivity contribution is 5.95. The number of nitrogens with one attached hydrogen (secondary N) is 1. The fourth-order valence-electron chi connectivity index (χ4n) is 2.82. The first-order chi connectivity index (χ1) is 11.3. The lowest BCUT2D eigenvalue weighted by atomic mass is 9.97. The Morgan fingerprint density at radius 2 is 2.17 bits per heavy atom. The molecule has 1 N–H and O–H groups in total. The summed E-state index contributed by atoms with van der Waals surface area (Å²) in [5.41, 5.74) is 0.0177. The van der Waals surface area contributed by atoms with Crippen molar-refractivity contribution in [3.8, 4) is 0 Å². The van der Waals surface area contributed by atoms with Gasteiger partial charge < -0.3 is 10.1 Å². The predicted molar refractivity (Wildman–Crippen MR) is 92.0 cm³/mol. The Hall–Kier alpha value is -1.95. The average Bonchev–Trinajstić information content (AvgIpc) is 2.52. The molecule has 0 saturated carbocycles. The van der Waals surface area contributed by atoms with Gasteiger partial charge in [0.25, 0.3) is 0 Å². The van der Waals surface area contributed by atoms with Crippen LogP contribution in [0.15, 0.2) is 24.4 Å². The van der Waals surface area contributed by atoms with Crippen molar-refractivity contribution in [2.45, 2.75) is 39.2 Å². The van der Waals surface area contributed by atoms with Crippen LogP contribution in [0.4, 0.5) is 4.79 Å². The van der Waals surface area contributed by atoms with Gasteiger partial charge in [0.05, 0.1) is 6.54 Å². The number of hydrogen-bond acceptors (Lipinski definition) is 5. The van der Waals surface area contributed by atoms with Crippen LogP contribution in [0.2, 0.25) is 0 Å². The number of carbonyl (C=O) groups excluding carboxylic acids is 2. The Morgan fingerprint density at radius 1 is 1.38 bits per heavy atom. The van der Waals surface area contributed by atoms with Gasteiger partial charge in [-0.05, 0) is 58.2 Å². The van der Waals surface area contributed by atoms with E-state index in [-0.39, 0.29) is 11.9 Å². The van der Waals surface area contributed by atoms with Crippen molar-refractivity contribution in [2.24, 2.45) is 5.92 Å². The first kappa shape index (κ1) is 18.4. The number of alkyl carbamates (subject to hydrolysis) is 1. The van der Waals surface area contributed by atoms with Crippen LogP contribution < -0.4 is 5.32 Å². The first-order valence-corrected chi connectivity index (χ1v) is 8.47. The number of amides is 1. The second kappa shape index (κ2) is 8.24. The van der Waals surface area contributed by atoms with Gasteiger partial charge in [-0.25, -0.2) is 4.79 Å². The number of ether oxygens (including phenoxy) is 1. The van der Waals surface area contributed by atoms with Crippen LogP contribution in [0, 0.1) is 5.92 Å². The van der Waals surface area contributed by atoms with E-state index in [0.717, 1.165) is 25.9 Å². The fourth-order valence-corrected chi connectivity index (χ4v) is 2.82. The number of piperidine rings is 1. The lowest BCUT2D eigenvalue weighted by Crippen LogP contribution is -2.43. The molecule has 2 rings (SSSR count). The van der Waals surface area contributed by atoms with Gasteiger partial charge in [-0.2, -0.15) is 0 Å². The Kier molecular flexibility index (Phi) is 6.31. The van der Waals surface area contributed by atoms with Gasteiger partial charge in [-0.1, -0.05) is 6.07 Å². The van der Waals surface area contributed by atoms with E-state index in [1.54, 1.807) is 18.3 Å². The van der Waals surface area contributed by atoms with Crippen molar-refractivity contribution in [2.75, 3.05) is 26.2 Å². The van der Waals surface area contributed by atoms with E-state index in [1.165, 1.54) is 0 Å². The molecule has 0 bridgehead atoms. The molecule has 2 heterocycles. The van der Waals surface area contributed by atoms with Gasteiger partial charge in [-0.15, -0.1) is 0 Å². The maximum absolute atomic E-state index is 12.2. The summed E-state index contributed by atoms with van der Waals surface area (Å²) in [6.45, 7) is 8.19. The highest BCUT2D eigenvalue weighted by atomic mass is 16.6. The molecule has 1 aromatic heterocycles. The van der Waals surface area contributed by atoms with Crippen molar-refractivity contribution in [1.29, 1.82) is 0 Å². The Bertz CT molecular complexity index is 554. The number of ketones is 1. The summed E-state index contributed by atoms with van der Waals surface area (Å²) in [7, 11) is 0. The standard InChI is InChI=1S/C18H27N3O3/c1-18(2,3)24-17(23)20-11-14-7-6-10-21(12-14)13-16(22)15-8-4-5-9-19-15/h4-5,8-9,14H,6-7,10-13H2,1-3H3,(H,20,23)/t14-/m1/s1. The number of Topliss-reactive ketones (excluding diaryl/α,β-unsaturated/α-hetero) is 1. The third kappa shape index (κ3) is 6.28. The van der Waals surface area contributed by atoms with Crippen LogP contribution in [0.5, 0.6) is 0 Å². The maximum Gasteiger partial charge on any atom is 0.407 e. The molecule has 24 heavy (non-hydrogen) atoms. The molecule has 6 nitrogen and oxygen atoms in total. The third-order valence-corrected chi connectivity index (χ3v) is 3.85.